The van der Waals surface area contributed by atoms with E-state index in [1.807, 2.05) is 26.2 Å². The van der Waals surface area contributed by atoms with Crippen molar-refractivity contribution >= 4 is 10.2 Å². The fourth-order valence-electron chi connectivity index (χ4n) is 2.74. The highest BCUT2D eigenvalue weighted by Crippen LogP contribution is 2.21. The number of hydrogen-bond acceptors (Lipinski definition) is 3. The molecule has 1 aromatic carbocycles. The first-order valence-electron chi connectivity index (χ1n) is 7.38. The van der Waals surface area contributed by atoms with Crippen molar-refractivity contribution in [3.8, 4) is 0 Å². The highest BCUT2D eigenvalue weighted by Gasteiger charge is 2.26. The van der Waals surface area contributed by atoms with Crippen LogP contribution < -0.4 is 4.72 Å². The van der Waals surface area contributed by atoms with Gasteiger partial charge in [-0.05, 0) is 45.0 Å². The van der Waals surface area contributed by atoms with Crippen LogP contribution in [0.4, 0.5) is 0 Å². The molecular formula is C15H25N3O2S. The molecule has 0 aromatic heterocycles. The Morgan fingerprint density at radius 3 is 2.43 bits per heavy atom. The highest BCUT2D eigenvalue weighted by atomic mass is 32.2. The van der Waals surface area contributed by atoms with Crippen molar-refractivity contribution in [3.05, 3.63) is 35.4 Å². The zero-order valence-corrected chi connectivity index (χ0v) is 13.9. The van der Waals surface area contributed by atoms with Crippen molar-refractivity contribution in [2.75, 3.05) is 33.7 Å². The number of nitrogens with one attached hydrogen (secondary N) is 1. The van der Waals surface area contributed by atoms with Gasteiger partial charge in [0, 0.05) is 25.7 Å². The predicted octanol–water partition coefficient (Wildman–Crippen LogP) is 1.53. The zero-order valence-electron chi connectivity index (χ0n) is 13.0. The molecule has 6 heteroatoms. The molecule has 1 aliphatic heterocycles. The van der Waals surface area contributed by atoms with Crippen LogP contribution in [0.3, 0.4) is 0 Å². The molecule has 0 radical (unpaired) electrons. The molecule has 1 unspecified atom stereocenters. The molecule has 1 saturated heterocycles. The van der Waals surface area contributed by atoms with Crippen molar-refractivity contribution in [2.24, 2.45) is 0 Å². The third-order valence-corrected chi connectivity index (χ3v) is 5.61. The van der Waals surface area contributed by atoms with E-state index in [0.29, 0.717) is 19.6 Å². The Balaban J connectivity index is 2.09. The summed E-state index contributed by atoms with van der Waals surface area (Å²) in [6, 6.07) is 8.14. The van der Waals surface area contributed by atoms with Gasteiger partial charge in [-0.25, -0.2) is 4.72 Å². The van der Waals surface area contributed by atoms with Gasteiger partial charge in [0.05, 0.1) is 0 Å². The molecule has 118 valence electrons. The van der Waals surface area contributed by atoms with Gasteiger partial charge < -0.3 is 4.90 Å². The number of likely N-dealkylation sites (N-methyl/N-ethyl adjacent to an activating group) is 1. The third kappa shape index (κ3) is 4.03. The normalized spacial score (nSPS) is 18.3. The van der Waals surface area contributed by atoms with Gasteiger partial charge in [-0.15, -0.1) is 0 Å². The average molecular weight is 311 g/mol. The quantitative estimate of drug-likeness (QED) is 0.867. The van der Waals surface area contributed by atoms with Crippen molar-refractivity contribution in [1.29, 1.82) is 0 Å². The smallest absolute Gasteiger partial charge is 0.279 e. The van der Waals surface area contributed by atoms with Crippen molar-refractivity contribution < 1.29 is 8.42 Å². The lowest BCUT2D eigenvalue weighted by Gasteiger charge is -2.27. The van der Waals surface area contributed by atoms with Crippen LogP contribution in [0.2, 0.25) is 0 Å². The maximum absolute atomic E-state index is 12.3. The number of aryl methyl sites for hydroxylation is 1. The summed E-state index contributed by atoms with van der Waals surface area (Å²) in [6.45, 7) is 3.70. The highest BCUT2D eigenvalue weighted by molar-refractivity contribution is 7.87. The fourth-order valence-corrected chi connectivity index (χ4v) is 4.03. The van der Waals surface area contributed by atoms with E-state index in [4.69, 9.17) is 0 Å². The number of benzene rings is 1. The summed E-state index contributed by atoms with van der Waals surface area (Å²) in [6.07, 6.45) is 1.91. The van der Waals surface area contributed by atoms with Crippen LogP contribution in [0.15, 0.2) is 24.3 Å². The summed E-state index contributed by atoms with van der Waals surface area (Å²) in [4.78, 5) is 2.05. The van der Waals surface area contributed by atoms with Gasteiger partial charge in [0.25, 0.3) is 10.2 Å². The molecule has 1 heterocycles. The second-order valence-corrected chi connectivity index (χ2v) is 7.55. The summed E-state index contributed by atoms with van der Waals surface area (Å²) in [5.41, 5.74) is 2.34. The van der Waals surface area contributed by atoms with E-state index in [1.54, 1.807) is 0 Å². The zero-order chi connectivity index (χ0) is 15.5. The second kappa shape index (κ2) is 6.87. The molecule has 1 atom stereocenters. The summed E-state index contributed by atoms with van der Waals surface area (Å²) in [7, 11) is 0.594. The summed E-state index contributed by atoms with van der Waals surface area (Å²) < 4.78 is 28.8. The largest absolute Gasteiger partial charge is 0.301 e. The lowest BCUT2D eigenvalue weighted by molar-refractivity contribution is 0.296. The van der Waals surface area contributed by atoms with E-state index >= 15 is 0 Å². The number of hydrogen-bond donors (Lipinski definition) is 1. The molecular weight excluding hydrogens is 286 g/mol. The molecule has 0 saturated carbocycles. The van der Waals surface area contributed by atoms with E-state index < -0.39 is 10.2 Å². The Labute approximate surface area is 128 Å². The lowest BCUT2D eigenvalue weighted by atomic mass is 10.0. The molecule has 2 rings (SSSR count). The summed E-state index contributed by atoms with van der Waals surface area (Å²) in [5.74, 6) is 0. The molecule has 1 N–H and O–H groups in total. The van der Waals surface area contributed by atoms with Crippen LogP contribution in [0.1, 0.15) is 30.0 Å². The van der Waals surface area contributed by atoms with E-state index in [1.165, 1.54) is 9.87 Å². The van der Waals surface area contributed by atoms with E-state index in [9.17, 15) is 8.42 Å². The average Bonchev–Trinajstić information content (AvgIpc) is 2.95. The minimum absolute atomic E-state index is 0.0311. The van der Waals surface area contributed by atoms with E-state index in [0.717, 1.165) is 18.4 Å². The maximum Gasteiger partial charge on any atom is 0.279 e. The predicted molar refractivity (Wildman–Crippen MR) is 85.3 cm³/mol. The molecule has 0 bridgehead atoms. The molecule has 0 amide bonds. The van der Waals surface area contributed by atoms with Crippen molar-refractivity contribution in [1.82, 2.24) is 13.9 Å². The Hall–Kier alpha value is -0.950. The van der Waals surface area contributed by atoms with E-state index in [2.05, 4.69) is 28.7 Å². The van der Waals surface area contributed by atoms with Gasteiger partial charge in [-0.3, -0.25) is 0 Å². The van der Waals surface area contributed by atoms with Gasteiger partial charge in [-0.2, -0.15) is 12.7 Å². The Morgan fingerprint density at radius 2 is 1.86 bits per heavy atom. The molecule has 1 aliphatic rings. The Morgan fingerprint density at radius 1 is 1.24 bits per heavy atom. The minimum atomic E-state index is -3.35. The topological polar surface area (TPSA) is 52.7 Å². The third-order valence-electron chi connectivity index (χ3n) is 4.03. The molecule has 5 nitrogen and oxygen atoms in total. The van der Waals surface area contributed by atoms with Crippen LogP contribution in [-0.2, 0) is 10.2 Å². The van der Waals surface area contributed by atoms with Crippen LogP contribution in [0, 0.1) is 6.92 Å². The van der Waals surface area contributed by atoms with Gasteiger partial charge in [0.15, 0.2) is 0 Å². The maximum atomic E-state index is 12.3. The van der Waals surface area contributed by atoms with Gasteiger partial charge in [0.2, 0.25) is 0 Å². The van der Waals surface area contributed by atoms with Crippen LogP contribution in [0.5, 0.6) is 0 Å². The van der Waals surface area contributed by atoms with Crippen LogP contribution >= 0.6 is 0 Å². The first kappa shape index (κ1) is 16.4. The monoisotopic (exact) mass is 311 g/mol. The number of nitrogens with zero attached hydrogens (tertiary/aromatic N) is 2. The molecule has 0 aliphatic carbocycles. The van der Waals surface area contributed by atoms with Crippen LogP contribution in [0.25, 0.3) is 0 Å². The standard InChI is InChI=1S/C15H25N3O2S/c1-13-8-4-5-9-14(13)15(17(2)3)12-16-21(19,20)18-10-6-7-11-18/h4-5,8-9,15-16H,6-7,10-12H2,1-3H3. The molecule has 1 fully saturated rings. The lowest BCUT2D eigenvalue weighted by Crippen LogP contribution is -2.42. The van der Waals surface area contributed by atoms with Gasteiger partial charge in [-0.1, -0.05) is 24.3 Å². The SMILES string of the molecule is Cc1ccccc1C(CNS(=O)(=O)N1CCCC1)N(C)C. The Kier molecular flexibility index (Phi) is 5.37. The first-order valence-corrected chi connectivity index (χ1v) is 8.82. The first-order chi connectivity index (χ1) is 9.92. The van der Waals surface area contributed by atoms with Crippen molar-refractivity contribution in [3.63, 3.8) is 0 Å². The van der Waals surface area contributed by atoms with E-state index in [-0.39, 0.29) is 6.04 Å². The van der Waals surface area contributed by atoms with Gasteiger partial charge >= 0.3 is 0 Å². The van der Waals surface area contributed by atoms with Crippen LogP contribution in [-0.4, -0.2) is 51.4 Å². The van der Waals surface area contributed by atoms with Crippen molar-refractivity contribution in [2.45, 2.75) is 25.8 Å². The summed E-state index contributed by atoms with van der Waals surface area (Å²) in [5, 5.41) is 0. The molecule has 0 spiro atoms. The fraction of sp³-hybridized carbons (Fsp3) is 0.600. The summed E-state index contributed by atoms with van der Waals surface area (Å²) >= 11 is 0. The minimum Gasteiger partial charge on any atom is -0.301 e. The molecule has 1 aromatic rings. The Bertz CT molecular complexity index is 566. The number of rotatable bonds is 6. The molecule has 21 heavy (non-hydrogen) atoms. The second-order valence-electron chi connectivity index (χ2n) is 5.80. The van der Waals surface area contributed by atoms with Gasteiger partial charge in [0.1, 0.15) is 0 Å².